The van der Waals surface area contributed by atoms with Crippen LogP contribution in [0, 0.1) is 0 Å². The van der Waals surface area contributed by atoms with Gasteiger partial charge in [0.15, 0.2) is 0 Å². The van der Waals surface area contributed by atoms with Gasteiger partial charge in [0.1, 0.15) is 16.9 Å². The molecule has 0 saturated carbocycles. The van der Waals surface area contributed by atoms with E-state index < -0.39 is 0 Å². The van der Waals surface area contributed by atoms with E-state index in [0.29, 0.717) is 0 Å². The first kappa shape index (κ1) is 14.8. The molecule has 2 aromatic rings. The molecular formula is C17H18N2O2S. The van der Waals surface area contributed by atoms with Crippen LogP contribution in [0.3, 0.4) is 0 Å². The largest absolute Gasteiger partial charge is 0.497 e. The number of hydrogen-bond acceptors (Lipinski definition) is 5. The van der Waals surface area contributed by atoms with Crippen molar-refractivity contribution in [2.75, 3.05) is 14.2 Å². The molecule has 22 heavy (non-hydrogen) atoms. The predicted molar refractivity (Wildman–Crippen MR) is 90.6 cm³/mol. The van der Waals surface area contributed by atoms with Crippen LogP contribution in [-0.4, -0.2) is 19.3 Å². The third-order valence-corrected chi connectivity index (χ3v) is 4.58. The van der Waals surface area contributed by atoms with Gasteiger partial charge >= 0.3 is 0 Å². The summed E-state index contributed by atoms with van der Waals surface area (Å²) in [6.45, 7) is 0. The summed E-state index contributed by atoms with van der Waals surface area (Å²) < 4.78 is 10.7. The summed E-state index contributed by atoms with van der Waals surface area (Å²) in [5.74, 6) is 1.59. The predicted octanol–water partition coefficient (Wildman–Crippen LogP) is 3.60. The quantitative estimate of drug-likeness (QED) is 0.916. The SMILES string of the molecule is COc1ccc(C2NN=C(Cc3ccccc3)S2)c(OC)c1. The van der Waals surface area contributed by atoms with Gasteiger partial charge in [-0.1, -0.05) is 42.1 Å². The molecule has 0 aromatic heterocycles. The Morgan fingerprint density at radius 2 is 1.91 bits per heavy atom. The number of nitrogens with zero attached hydrogens (tertiary/aromatic N) is 1. The van der Waals surface area contributed by atoms with E-state index in [4.69, 9.17) is 9.47 Å². The minimum Gasteiger partial charge on any atom is -0.497 e. The Hall–Kier alpha value is -2.14. The summed E-state index contributed by atoms with van der Waals surface area (Å²) in [7, 11) is 3.32. The number of hydrazone groups is 1. The van der Waals surface area contributed by atoms with Crippen LogP contribution in [0.2, 0.25) is 0 Å². The lowest BCUT2D eigenvalue weighted by molar-refractivity contribution is 0.390. The van der Waals surface area contributed by atoms with Crippen LogP contribution in [0.4, 0.5) is 0 Å². The van der Waals surface area contributed by atoms with Gasteiger partial charge in [-0.25, -0.2) is 0 Å². The Morgan fingerprint density at radius 3 is 2.64 bits per heavy atom. The van der Waals surface area contributed by atoms with E-state index in [0.717, 1.165) is 28.5 Å². The summed E-state index contributed by atoms with van der Waals surface area (Å²) in [5.41, 5.74) is 5.52. The van der Waals surface area contributed by atoms with Crippen molar-refractivity contribution in [3.05, 3.63) is 59.7 Å². The monoisotopic (exact) mass is 314 g/mol. The number of nitrogens with one attached hydrogen (secondary N) is 1. The molecule has 5 heteroatoms. The Labute approximate surface area is 134 Å². The van der Waals surface area contributed by atoms with Gasteiger partial charge in [0.2, 0.25) is 0 Å². The minimum atomic E-state index is 0.0690. The Balaban J connectivity index is 1.71. The molecular weight excluding hydrogens is 296 g/mol. The van der Waals surface area contributed by atoms with E-state index >= 15 is 0 Å². The molecule has 3 rings (SSSR count). The van der Waals surface area contributed by atoms with Gasteiger partial charge in [0, 0.05) is 18.1 Å². The van der Waals surface area contributed by atoms with Crippen molar-refractivity contribution in [2.24, 2.45) is 5.10 Å². The topological polar surface area (TPSA) is 42.8 Å². The molecule has 2 aromatic carbocycles. The van der Waals surface area contributed by atoms with Gasteiger partial charge in [0.05, 0.1) is 19.3 Å². The second-order valence-electron chi connectivity index (χ2n) is 4.90. The average molecular weight is 314 g/mol. The minimum absolute atomic E-state index is 0.0690. The van der Waals surface area contributed by atoms with E-state index in [1.807, 2.05) is 36.4 Å². The smallest absolute Gasteiger partial charge is 0.128 e. The van der Waals surface area contributed by atoms with E-state index in [2.05, 4.69) is 22.7 Å². The fourth-order valence-electron chi connectivity index (χ4n) is 2.34. The van der Waals surface area contributed by atoms with E-state index in [1.54, 1.807) is 26.0 Å². The van der Waals surface area contributed by atoms with Crippen molar-refractivity contribution >= 4 is 16.8 Å². The van der Waals surface area contributed by atoms with Crippen molar-refractivity contribution in [3.8, 4) is 11.5 Å². The van der Waals surface area contributed by atoms with Crippen LogP contribution in [0.5, 0.6) is 11.5 Å². The number of thioether (sulfide) groups is 1. The molecule has 0 saturated heterocycles. The van der Waals surface area contributed by atoms with E-state index in [9.17, 15) is 0 Å². The van der Waals surface area contributed by atoms with Crippen LogP contribution < -0.4 is 14.9 Å². The summed E-state index contributed by atoms with van der Waals surface area (Å²) >= 11 is 1.72. The lowest BCUT2D eigenvalue weighted by Gasteiger charge is -2.15. The van der Waals surface area contributed by atoms with Crippen LogP contribution in [0.1, 0.15) is 16.5 Å². The molecule has 0 fully saturated rings. The first-order chi connectivity index (χ1) is 10.8. The third kappa shape index (κ3) is 3.20. The number of benzene rings is 2. The van der Waals surface area contributed by atoms with Gasteiger partial charge in [-0.05, 0) is 17.7 Å². The van der Waals surface area contributed by atoms with Gasteiger partial charge in [-0.2, -0.15) is 5.10 Å². The van der Waals surface area contributed by atoms with Crippen molar-refractivity contribution in [3.63, 3.8) is 0 Å². The summed E-state index contributed by atoms with van der Waals surface area (Å²) in [6.07, 6.45) is 0.841. The molecule has 1 N–H and O–H groups in total. The number of methoxy groups -OCH3 is 2. The lowest BCUT2D eigenvalue weighted by atomic mass is 10.2. The Morgan fingerprint density at radius 1 is 1.09 bits per heavy atom. The Kier molecular flexibility index (Phi) is 4.53. The van der Waals surface area contributed by atoms with E-state index in [1.165, 1.54) is 5.56 Å². The molecule has 1 aliphatic heterocycles. The molecule has 0 radical (unpaired) electrons. The zero-order chi connectivity index (χ0) is 15.4. The molecule has 1 atom stereocenters. The van der Waals surface area contributed by atoms with Crippen LogP contribution in [0.15, 0.2) is 53.6 Å². The van der Waals surface area contributed by atoms with Gasteiger partial charge in [-0.3, -0.25) is 5.43 Å². The van der Waals surface area contributed by atoms with Crippen molar-refractivity contribution in [1.29, 1.82) is 0 Å². The number of ether oxygens (including phenoxy) is 2. The maximum absolute atomic E-state index is 5.47. The first-order valence-electron chi connectivity index (χ1n) is 7.04. The standard InChI is InChI=1S/C17H18N2O2S/c1-20-13-8-9-14(15(11-13)21-2)17-19-18-16(22-17)10-12-6-4-3-5-7-12/h3-9,11,17,19H,10H2,1-2H3. The van der Waals surface area contributed by atoms with Crippen molar-refractivity contribution in [1.82, 2.24) is 5.43 Å². The molecule has 0 spiro atoms. The zero-order valence-electron chi connectivity index (χ0n) is 12.6. The van der Waals surface area contributed by atoms with Crippen molar-refractivity contribution in [2.45, 2.75) is 11.8 Å². The van der Waals surface area contributed by atoms with Crippen molar-refractivity contribution < 1.29 is 9.47 Å². The highest BCUT2D eigenvalue weighted by Crippen LogP contribution is 2.39. The van der Waals surface area contributed by atoms with Crippen LogP contribution in [-0.2, 0) is 6.42 Å². The third-order valence-electron chi connectivity index (χ3n) is 3.48. The van der Waals surface area contributed by atoms with Crippen LogP contribution in [0.25, 0.3) is 0 Å². The zero-order valence-corrected chi connectivity index (χ0v) is 13.4. The Bertz CT molecular complexity index is 674. The van der Waals surface area contributed by atoms with Gasteiger partial charge in [0.25, 0.3) is 0 Å². The van der Waals surface area contributed by atoms with Crippen LogP contribution >= 0.6 is 11.8 Å². The molecule has 114 valence electrons. The van der Waals surface area contributed by atoms with Gasteiger partial charge in [-0.15, -0.1) is 0 Å². The summed E-state index contributed by atoms with van der Waals surface area (Å²) in [4.78, 5) is 0. The highest BCUT2D eigenvalue weighted by Gasteiger charge is 2.24. The average Bonchev–Trinajstić information content (AvgIpc) is 3.03. The summed E-state index contributed by atoms with van der Waals surface area (Å²) in [6, 6.07) is 16.2. The number of rotatable bonds is 5. The molecule has 1 heterocycles. The molecule has 0 bridgehead atoms. The second-order valence-corrected chi connectivity index (χ2v) is 6.08. The fourth-order valence-corrected chi connectivity index (χ4v) is 3.39. The molecule has 1 unspecified atom stereocenters. The highest BCUT2D eigenvalue weighted by atomic mass is 32.2. The molecule has 1 aliphatic rings. The maximum atomic E-state index is 5.47. The first-order valence-corrected chi connectivity index (χ1v) is 7.92. The van der Waals surface area contributed by atoms with Gasteiger partial charge < -0.3 is 9.47 Å². The highest BCUT2D eigenvalue weighted by molar-refractivity contribution is 8.14. The molecule has 0 aliphatic carbocycles. The maximum Gasteiger partial charge on any atom is 0.128 e. The summed E-state index contributed by atoms with van der Waals surface area (Å²) in [5, 5.41) is 5.60. The molecule has 0 amide bonds. The lowest BCUT2D eigenvalue weighted by Crippen LogP contribution is -2.08. The molecule has 4 nitrogen and oxygen atoms in total. The fraction of sp³-hybridized carbons (Fsp3) is 0.235. The second kappa shape index (κ2) is 6.75. The normalized spacial score (nSPS) is 16.8. The van der Waals surface area contributed by atoms with E-state index in [-0.39, 0.29) is 5.37 Å². The number of hydrogen-bond donors (Lipinski definition) is 1.